The van der Waals surface area contributed by atoms with Crippen LogP contribution in [0, 0.1) is 0 Å². The highest BCUT2D eigenvalue weighted by molar-refractivity contribution is 5.81. The zero-order valence-corrected chi connectivity index (χ0v) is 13.0. The van der Waals surface area contributed by atoms with Gasteiger partial charge in [0.05, 0.1) is 5.52 Å². The van der Waals surface area contributed by atoms with E-state index < -0.39 is 0 Å². The molecule has 0 atom stereocenters. The average molecular weight is 271 g/mol. The van der Waals surface area contributed by atoms with Crippen LogP contribution < -0.4 is 5.32 Å². The maximum atomic E-state index is 4.79. The Hall–Kier alpha value is -1.61. The Balaban J connectivity index is 2.37. The van der Waals surface area contributed by atoms with Crippen molar-refractivity contribution in [3.8, 4) is 0 Å². The minimum absolute atomic E-state index is 0.528. The van der Waals surface area contributed by atoms with Gasteiger partial charge in [-0.3, -0.25) is 4.90 Å². The predicted octanol–water partition coefficient (Wildman–Crippen LogP) is 3.90. The van der Waals surface area contributed by atoms with Gasteiger partial charge in [-0.2, -0.15) is 0 Å². The second kappa shape index (κ2) is 6.71. The maximum absolute atomic E-state index is 4.79. The van der Waals surface area contributed by atoms with Crippen molar-refractivity contribution in [3.05, 3.63) is 35.9 Å². The molecule has 0 aliphatic carbocycles. The largest absolute Gasteiger partial charge is 0.370 e. The number of fused-ring (bicyclic) bond motifs is 1. The van der Waals surface area contributed by atoms with Gasteiger partial charge >= 0.3 is 0 Å². The number of rotatable bonds is 6. The summed E-state index contributed by atoms with van der Waals surface area (Å²) in [5, 5.41) is 4.67. The third-order valence-corrected chi connectivity index (χ3v) is 3.65. The van der Waals surface area contributed by atoms with E-state index in [-0.39, 0.29) is 0 Å². The lowest BCUT2D eigenvalue weighted by atomic mass is 10.1. The summed E-state index contributed by atoms with van der Waals surface area (Å²) in [6, 6.07) is 11.1. The van der Waals surface area contributed by atoms with Crippen LogP contribution in [-0.2, 0) is 6.54 Å². The monoisotopic (exact) mass is 271 g/mol. The van der Waals surface area contributed by atoms with E-state index in [1.165, 1.54) is 10.9 Å². The van der Waals surface area contributed by atoms with Crippen LogP contribution in [-0.4, -0.2) is 29.5 Å². The fraction of sp³-hybridized carbons (Fsp3) is 0.471. The van der Waals surface area contributed by atoms with Crippen LogP contribution in [0.15, 0.2) is 30.3 Å². The first-order valence-electron chi connectivity index (χ1n) is 7.44. The molecule has 3 nitrogen and oxygen atoms in total. The molecule has 1 N–H and O–H groups in total. The molecule has 3 heteroatoms. The molecule has 0 bridgehead atoms. The first kappa shape index (κ1) is 14.8. The van der Waals surface area contributed by atoms with Gasteiger partial charge in [-0.05, 0) is 39.4 Å². The molecule has 0 radical (unpaired) electrons. The van der Waals surface area contributed by atoms with Crippen LogP contribution >= 0.6 is 0 Å². The molecule has 0 unspecified atom stereocenters. The molecule has 1 aromatic carbocycles. The van der Waals surface area contributed by atoms with Crippen LogP contribution in [0.1, 0.15) is 32.8 Å². The van der Waals surface area contributed by atoms with E-state index in [1.54, 1.807) is 0 Å². The fourth-order valence-corrected chi connectivity index (χ4v) is 2.13. The maximum Gasteiger partial charge on any atom is 0.131 e. The van der Waals surface area contributed by atoms with Crippen molar-refractivity contribution in [1.82, 2.24) is 9.88 Å². The van der Waals surface area contributed by atoms with Crippen LogP contribution in [0.2, 0.25) is 0 Å². The molecule has 0 amide bonds. The van der Waals surface area contributed by atoms with Crippen molar-refractivity contribution < 1.29 is 0 Å². The quantitative estimate of drug-likeness (QED) is 0.863. The van der Waals surface area contributed by atoms with Crippen molar-refractivity contribution in [1.29, 1.82) is 0 Å². The number of aromatic nitrogens is 1. The van der Waals surface area contributed by atoms with Gasteiger partial charge in [-0.15, -0.1) is 0 Å². The van der Waals surface area contributed by atoms with Crippen LogP contribution in [0.3, 0.4) is 0 Å². The lowest BCUT2D eigenvalue weighted by Gasteiger charge is -2.22. The Morgan fingerprint density at radius 1 is 1.25 bits per heavy atom. The topological polar surface area (TPSA) is 28.2 Å². The zero-order chi connectivity index (χ0) is 14.5. The summed E-state index contributed by atoms with van der Waals surface area (Å²) in [4.78, 5) is 7.12. The minimum Gasteiger partial charge on any atom is -0.370 e. The molecular formula is C17H25N3. The smallest absolute Gasteiger partial charge is 0.131 e. The number of pyridine rings is 1. The van der Waals surface area contributed by atoms with Gasteiger partial charge in [0, 0.05) is 30.1 Å². The minimum atomic E-state index is 0.528. The van der Waals surface area contributed by atoms with E-state index in [0.717, 1.165) is 30.8 Å². The molecule has 0 aliphatic rings. The van der Waals surface area contributed by atoms with E-state index in [1.807, 2.05) is 6.07 Å². The summed E-state index contributed by atoms with van der Waals surface area (Å²) in [5.41, 5.74) is 2.33. The van der Waals surface area contributed by atoms with Gasteiger partial charge in [-0.1, -0.05) is 25.1 Å². The molecule has 0 saturated heterocycles. The highest BCUT2D eigenvalue weighted by Crippen LogP contribution is 2.22. The summed E-state index contributed by atoms with van der Waals surface area (Å²) in [6.07, 6.45) is 1.11. The van der Waals surface area contributed by atoms with Crippen LogP contribution in [0.25, 0.3) is 10.9 Å². The molecule has 1 heterocycles. The van der Waals surface area contributed by atoms with Crippen LogP contribution in [0.4, 0.5) is 5.82 Å². The Labute approximate surface area is 122 Å². The zero-order valence-electron chi connectivity index (χ0n) is 13.0. The summed E-state index contributed by atoms with van der Waals surface area (Å²) in [5.74, 6) is 1.03. The summed E-state index contributed by atoms with van der Waals surface area (Å²) < 4.78 is 0. The number of anilines is 1. The number of nitrogens with zero attached hydrogens (tertiary/aromatic N) is 2. The first-order chi connectivity index (χ1) is 9.61. The second-order valence-electron chi connectivity index (χ2n) is 5.62. The molecule has 108 valence electrons. The second-order valence-corrected chi connectivity index (χ2v) is 5.62. The average Bonchev–Trinajstić information content (AvgIpc) is 2.44. The summed E-state index contributed by atoms with van der Waals surface area (Å²) in [7, 11) is 2.16. The normalized spacial score (nSPS) is 11.5. The van der Waals surface area contributed by atoms with Gasteiger partial charge in [0.25, 0.3) is 0 Å². The lowest BCUT2D eigenvalue weighted by molar-refractivity contribution is 0.266. The lowest BCUT2D eigenvalue weighted by Crippen LogP contribution is -2.26. The van der Waals surface area contributed by atoms with Gasteiger partial charge in [0.1, 0.15) is 5.82 Å². The number of benzene rings is 1. The SMILES string of the molecule is CCCNc1nc2ccccc2cc1CN(C)C(C)C. The highest BCUT2D eigenvalue weighted by Gasteiger charge is 2.10. The Morgan fingerprint density at radius 2 is 2.00 bits per heavy atom. The van der Waals surface area contributed by atoms with E-state index in [0.29, 0.717) is 6.04 Å². The van der Waals surface area contributed by atoms with Gasteiger partial charge in [0.15, 0.2) is 0 Å². The number of para-hydroxylation sites is 1. The molecule has 2 aromatic rings. The standard InChI is InChI=1S/C17H25N3/c1-5-10-18-17-15(12-20(4)13(2)3)11-14-8-6-7-9-16(14)19-17/h6-9,11,13H,5,10,12H2,1-4H3,(H,18,19). The molecule has 2 rings (SSSR count). The van der Waals surface area contributed by atoms with Crippen molar-refractivity contribution in [3.63, 3.8) is 0 Å². The van der Waals surface area contributed by atoms with E-state index in [9.17, 15) is 0 Å². The summed E-state index contributed by atoms with van der Waals surface area (Å²) in [6.45, 7) is 8.49. The predicted molar refractivity (Wildman–Crippen MR) is 87.1 cm³/mol. The number of hydrogen-bond acceptors (Lipinski definition) is 3. The van der Waals surface area contributed by atoms with Crippen molar-refractivity contribution in [2.75, 3.05) is 18.9 Å². The van der Waals surface area contributed by atoms with E-state index in [4.69, 9.17) is 4.98 Å². The number of hydrogen-bond donors (Lipinski definition) is 1. The molecule has 0 saturated carbocycles. The Kier molecular flexibility index (Phi) is 4.96. The summed E-state index contributed by atoms with van der Waals surface area (Å²) >= 11 is 0. The first-order valence-corrected chi connectivity index (χ1v) is 7.44. The molecule has 20 heavy (non-hydrogen) atoms. The van der Waals surface area contributed by atoms with E-state index in [2.05, 4.69) is 62.3 Å². The van der Waals surface area contributed by atoms with Gasteiger partial charge in [-0.25, -0.2) is 4.98 Å². The molecule has 1 aromatic heterocycles. The van der Waals surface area contributed by atoms with Crippen molar-refractivity contribution >= 4 is 16.7 Å². The Bertz CT molecular complexity index is 563. The number of nitrogens with one attached hydrogen (secondary N) is 1. The van der Waals surface area contributed by atoms with E-state index >= 15 is 0 Å². The molecule has 0 spiro atoms. The van der Waals surface area contributed by atoms with Gasteiger partial charge in [0.2, 0.25) is 0 Å². The van der Waals surface area contributed by atoms with Crippen LogP contribution in [0.5, 0.6) is 0 Å². The Morgan fingerprint density at radius 3 is 2.70 bits per heavy atom. The molecular weight excluding hydrogens is 246 g/mol. The third-order valence-electron chi connectivity index (χ3n) is 3.65. The fourth-order valence-electron chi connectivity index (χ4n) is 2.13. The van der Waals surface area contributed by atoms with Crippen molar-refractivity contribution in [2.45, 2.75) is 39.8 Å². The molecule has 0 fully saturated rings. The van der Waals surface area contributed by atoms with Crippen molar-refractivity contribution in [2.24, 2.45) is 0 Å². The molecule has 0 aliphatic heterocycles. The highest BCUT2D eigenvalue weighted by atomic mass is 15.1. The third kappa shape index (κ3) is 3.48. The van der Waals surface area contributed by atoms with Gasteiger partial charge < -0.3 is 5.32 Å².